The van der Waals surface area contributed by atoms with Crippen LogP contribution in [-0.2, 0) is 21.4 Å². The lowest BCUT2D eigenvalue weighted by atomic mass is 10.2. The molecule has 0 radical (unpaired) electrons. The zero-order valence-electron chi connectivity index (χ0n) is 17.2. The Labute approximate surface area is 186 Å². The molecule has 0 aliphatic rings. The van der Waals surface area contributed by atoms with Gasteiger partial charge in [0.1, 0.15) is 0 Å². The second-order valence-electron chi connectivity index (χ2n) is 6.81. The predicted octanol–water partition coefficient (Wildman–Crippen LogP) is 3.13. The standard InChI is InChI=1S/C23H23N3O5S/c27-22(12-14-25-32(29,30)16-13-18-5-2-1-3-6-18)24-17-19-8-10-20(11-9-19)26-23(28)21-7-4-15-31-21/h1-11,13,15-16,25H,12,14,17H2,(H,24,27)(H,26,28)/b16-13+. The number of rotatable bonds is 10. The number of sulfonamides is 1. The molecule has 3 aromatic rings. The summed E-state index contributed by atoms with van der Waals surface area (Å²) in [6.07, 6.45) is 2.92. The van der Waals surface area contributed by atoms with E-state index in [0.717, 1.165) is 16.5 Å². The van der Waals surface area contributed by atoms with Gasteiger partial charge in [-0.3, -0.25) is 9.59 Å². The maximum absolute atomic E-state index is 12.0. The molecule has 32 heavy (non-hydrogen) atoms. The molecule has 0 aliphatic heterocycles. The Morgan fingerprint density at radius 2 is 1.69 bits per heavy atom. The van der Waals surface area contributed by atoms with E-state index in [9.17, 15) is 18.0 Å². The first kappa shape index (κ1) is 23.0. The molecule has 2 aromatic carbocycles. The van der Waals surface area contributed by atoms with Crippen LogP contribution in [0, 0.1) is 0 Å². The normalized spacial score (nSPS) is 11.4. The second-order valence-corrected chi connectivity index (χ2v) is 8.46. The maximum Gasteiger partial charge on any atom is 0.291 e. The van der Waals surface area contributed by atoms with E-state index in [-0.39, 0.29) is 37.1 Å². The number of hydrogen-bond acceptors (Lipinski definition) is 5. The number of carbonyl (C=O) groups is 2. The van der Waals surface area contributed by atoms with Crippen LogP contribution in [0.1, 0.15) is 28.1 Å². The van der Waals surface area contributed by atoms with Crippen molar-refractivity contribution < 1.29 is 22.4 Å². The van der Waals surface area contributed by atoms with Gasteiger partial charge in [-0.25, -0.2) is 13.1 Å². The van der Waals surface area contributed by atoms with Gasteiger partial charge in [-0.2, -0.15) is 0 Å². The fourth-order valence-corrected chi connectivity index (χ4v) is 3.50. The van der Waals surface area contributed by atoms with E-state index < -0.39 is 10.0 Å². The molecule has 3 N–H and O–H groups in total. The summed E-state index contributed by atoms with van der Waals surface area (Å²) in [5.41, 5.74) is 2.20. The minimum Gasteiger partial charge on any atom is -0.459 e. The van der Waals surface area contributed by atoms with Crippen LogP contribution in [0.25, 0.3) is 6.08 Å². The predicted molar refractivity (Wildman–Crippen MR) is 122 cm³/mol. The quantitative estimate of drug-likeness (QED) is 0.436. The zero-order chi connectivity index (χ0) is 22.8. The molecular formula is C23H23N3O5S. The SMILES string of the molecule is O=C(CCNS(=O)(=O)/C=C/c1ccccc1)NCc1ccc(NC(=O)c2ccco2)cc1. The number of nitrogens with one attached hydrogen (secondary N) is 3. The van der Waals surface area contributed by atoms with Gasteiger partial charge in [-0.05, 0) is 41.5 Å². The molecule has 0 bridgehead atoms. The first-order valence-electron chi connectivity index (χ1n) is 9.84. The largest absolute Gasteiger partial charge is 0.459 e. The third kappa shape index (κ3) is 7.53. The summed E-state index contributed by atoms with van der Waals surface area (Å²) in [4.78, 5) is 23.9. The smallest absolute Gasteiger partial charge is 0.291 e. The number of furan rings is 1. The van der Waals surface area contributed by atoms with Crippen LogP contribution >= 0.6 is 0 Å². The van der Waals surface area contributed by atoms with Crippen molar-refractivity contribution in [3.05, 3.63) is 95.3 Å². The van der Waals surface area contributed by atoms with Crippen LogP contribution < -0.4 is 15.4 Å². The third-order valence-corrected chi connectivity index (χ3v) is 5.44. The Balaban J connectivity index is 1.38. The minimum atomic E-state index is -3.63. The molecule has 0 saturated carbocycles. The molecular weight excluding hydrogens is 430 g/mol. The van der Waals surface area contributed by atoms with Gasteiger partial charge in [0.05, 0.1) is 6.26 Å². The monoisotopic (exact) mass is 453 g/mol. The summed E-state index contributed by atoms with van der Waals surface area (Å²) in [6.45, 7) is 0.275. The van der Waals surface area contributed by atoms with Crippen LogP contribution in [-0.4, -0.2) is 26.8 Å². The Hall–Kier alpha value is -3.69. The van der Waals surface area contributed by atoms with E-state index >= 15 is 0 Å². The Morgan fingerprint density at radius 3 is 2.38 bits per heavy atom. The highest BCUT2D eigenvalue weighted by Gasteiger charge is 2.09. The van der Waals surface area contributed by atoms with Gasteiger partial charge in [0.2, 0.25) is 15.9 Å². The molecule has 0 spiro atoms. The highest BCUT2D eigenvalue weighted by Crippen LogP contribution is 2.12. The third-order valence-electron chi connectivity index (χ3n) is 4.34. The molecule has 0 aliphatic carbocycles. The van der Waals surface area contributed by atoms with Crippen molar-refractivity contribution in [2.45, 2.75) is 13.0 Å². The maximum atomic E-state index is 12.0. The van der Waals surface area contributed by atoms with Crippen molar-refractivity contribution in [3.63, 3.8) is 0 Å². The average Bonchev–Trinajstić information content (AvgIpc) is 3.33. The molecule has 9 heteroatoms. The van der Waals surface area contributed by atoms with E-state index in [0.29, 0.717) is 5.69 Å². The molecule has 0 unspecified atom stereocenters. The van der Waals surface area contributed by atoms with E-state index in [1.807, 2.05) is 18.2 Å². The molecule has 166 valence electrons. The lowest BCUT2D eigenvalue weighted by Crippen LogP contribution is -2.29. The fourth-order valence-electron chi connectivity index (χ4n) is 2.68. The number of benzene rings is 2. The van der Waals surface area contributed by atoms with E-state index in [4.69, 9.17) is 4.42 Å². The summed E-state index contributed by atoms with van der Waals surface area (Å²) in [5.74, 6) is -0.417. The van der Waals surface area contributed by atoms with Crippen molar-refractivity contribution in [3.8, 4) is 0 Å². The van der Waals surface area contributed by atoms with Crippen molar-refractivity contribution in [2.75, 3.05) is 11.9 Å². The Kier molecular flexibility index (Phi) is 7.96. The molecule has 3 rings (SSSR count). The van der Waals surface area contributed by atoms with E-state index in [2.05, 4.69) is 15.4 Å². The van der Waals surface area contributed by atoms with Gasteiger partial charge < -0.3 is 15.1 Å². The van der Waals surface area contributed by atoms with E-state index in [1.54, 1.807) is 48.5 Å². The van der Waals surface area contributed by atoms with Crippen LogP contribution in [0.2, 0.25) is 0 Å². The molecule has 8 nitrogen and oxygen atoms in total. The molecule has 2 amide bonds. The van der Waals surface area contributed by atoms with Crippen molar-refractivity contribution in [2.24, 2.45) is 0 Å². The van der Waals surface area contributed by atoms with Gasteiger partial charge in [0, 0.05) is 30.6 Å². The molecule has 0 saturated heterocycles. The number of amides is 2. The summed E-state index contributed by atoms with van der Waals surface area (Å²) in [6, 6.07) is 19.2. The summed E-state index contributed by atoms with van der Waals surface area (Å²) in [7, 11) is -3.63. The highest BCUT2D eigenvalue weighted by molar-refractivity contribution is 7.92. The molecule has 0 atom stereocenters. The summed E-state index contributed by atoms with van der Waals surface area (Å²) in [5, 5.41) is 6.52. The lowest BCUT2D eigenvalue weighted by molar-refractivity contribution is -0.121. The van der Waals surface area contributed by atoms with Gasteiger partial charge in [0.15, 0.2) is 5.76 Å². The van der Waals surface area contributed by atoms with Gasteiger partial charge in [-0.1, -0.05) is 42.5 Å². The average molecular weight is 454 g/mol. The molecule has 1 heterocycles. The van der Waals surface area contributed by atoms with Crippen molar-refractivity contribution >= 4 is 33.6 Å². The second kappa shape index (κ2) is 11.1. The Bertz CT molecular complexity index is 1160. The number of anilines is 1. The van der Waals surface area contributed by atoms with Gasteiger partial charge in [0.25, 0.3) is 5.91 Å². The van der Waals surface area contributed by atoms with Crippen molar-refractivity contribution in [1.29, 1.82) is 0 Å². The van der Waals surface area contributed by atoms with Crippen LogP contribution in [0.5, 0.6) is 0 Å². The first-order chi connectivity index (χ1) is 15.4. The number of carbonyl (C=O) groups excluding carboxylic acids is 2. The summed E-state index contributed by atoms with van der Waals surface area (Å²) < 4.78 is 31.4. The molecule has 1 aromatic heterocycles. The first-order valence-corrected chi connectivity index (χ1v) is 11.4. The van der Waals surface area contributed by atoms with Crippen LogP contribution in [0.3, 0.4) is 0 Å². The zero-order valence-corrected chi connectivity index (χ0v) is 18.0. The minimum absolute atomic E-state index is 0.00888. The number of hydrogen-bond donors (Lipinski definition) is 3. The topological polar surface area (TPSA) is 118 Å². The van der Waals surface area contributed by atoms with Crippen LogP contribution in [0.15, 0.2) is 82.8 Å². The van der Waals surface area contributed by atoms with Gasteiger partial charge in [-0.15, -0.1) is 0 Å². The van der Waals surface area contributed by atoms with Crippen LogP contribution in [0.4, 0.5) is 5.69 Å². The summed E-state index contributed by atoms with van der Waals surface area (Å²) >= 11 is 0. The van der Waals surface area contributed by atoms with Gasteiger partial charge >= 0.3 is 0 Å². The van der Waals surface area contributed by atoms with E-state index in [1.165, 1.54) is 12.3 Å². The molecule has 0 fully saturated rings. The fraction of sp³-hybridized carbons (Fsp3) is 0.130. The van der Waals surface area contributed by atoms with Crippen molar-refractivity contribution in [1.82, 2.24) is 10.0 Å². The highest BCUT2D eigenvalue weighted by atomic mass is 32.2. The Morgan fingerprint density at radius 1 is 0.938 bits per heavy atom. The lowest BCUT2D eigenvalue weighted by Gasteiger charge is -2.08.